The average Bonchev–Trinajstić information content (AvgIpc) is 3.22. The Morgan fingerprint density at radius 2 is 1.80 bits per heavy atom. The minimum Gasteiger partial charge on any atom is -0.395 e. The minimum atomic E-state index is -0.180. The van der Waals surface area contributed by atoms with Crippen LogP contribution in [-0.4, -0.2) is 21.7 Å². The van der Waals surface area contributed by atoms with E-state index < -0.39 is 0 Å². The van der Waals surface area contributed by atoms with Crippen molar-refractivity contribution in [3.63, 3.8) is 0 Å². The van der Waals surface area contributed by atoms with E-state index in [2.05, 4.69) is 37.0 Å². The van der Waals surface area contributed by atoms with Gasteiger partial charge in [-0.3, -0.25) is 0 Å². The summed E-state index contributed by atoms with van der Waals surface area (Å²) in [7, 11) is 0. The first-order valence-electron chi connectivity index (χ1n) is 7.09. The van der Waals surface area contributed by atoms with Gasteiger partial charge in [0.15, 0.2) is 0 Å². The molecule has 1 aromatic carbocycles. The number of hydrogen-bond acceptors (Lipinski definition) is 3. The fourth-order valence-electron chi connectivity index (χ4n) is 2.46. The van der Waals surface area contributed by atoms with Gasteiger partial charge in [-0.25, -0.2) is 9.97 Å². The van der Waals surface area contributed by atoms with Gasteiger partial charge in [-0.15, -0.1) is 0 Å². The summed E-state index contributed by atoms with van der Waals surface area (Å²) in [5, 5.41) is 9.56. The molecule has 1 aliphatic carbocycles. The lowest BCUT2D eigenvalue weighted by Gasteiger charge is -2.13. The van der Waals surface area contributed by atoms with Gasteiger partial charge in [-0.2, -0.15) is 0 Å². The predicted octanol–water partition coefficient (Wildman–Crippen LogP) is 3.09. The van der Waals surface area contributed by atoms with Crippen molar-refractivity contribution in [1.82, 2.24) is 9.97 Å². The highest BCUT2D eigenvalue weighted by Crippen LogP contribution is 2.46. The first-order chi connectivity index (χ1) is 9.54. The lowest BCUT2D eigenvalue weighted by molar-refractivity contribution is 0.249. The number of aliphatic hydroxyl groups is 1. The van der Waals surface area contributed by atoms with Gasteiger partial charge in [0.1, 0.15) is 5.82 Å². The molecule has 20 heavy (non-hydrogen) atoms. The van der Waals surface area contributed by atoms with Gasteiger partial charge in [-0.05, 0) is 56.9 Å². The Kier molecular flexibility index (Phi) is 3.09. The quantitative estimate of drug-likeness (QED) is 0.930. The summed E-state index contributed by atoms with van der Waals surface area (Å²) in [6.45, 7) is 6.36. The van der Waals surface area contributed by atoms with E-state index in [-0.39, 0.29) is 12.0 Å². The highest BCUT2D eigenvalue weighted by atomic mass is 16.3. The monoisotopic (exact) mass is 268 g/mol. The maximum atomic E-state index is 9.56. The normalized spacial score (nSPS) is 16.2. The van der Waals surface area contributed by atoms with E-state index in [0.29, 0.717) is 0 Å². The summed E-state index contributed by atoms with van der Waals surface area (Å²) in [4.78, 5) is 9.24. The van der Waals surface area contributed by atoms with Crippen LogP contribution in [0.5, 0.6) is 0 Å². The van der Waals surface area contributed by atoms with Crippen molar-refractivity contribution in [2.75, 3.05) is 6.61 Å². The van der Waals surface area contributed by atoms with Crippen LogP contribution in [0.4, 0.5) is 0 Å². The molecule has 1 heterocycles. The molecule has 0 spiro atoms. The zero-order valence-corrected chi connectivity index (χ0v) is 12.3. The van der Waals surface area contributed by atoms with Gasteiger partial charge in [0, 0.05) is 11.3 Å². The van der Waals surface area contributed by atoms with Crippen LogP contribution in [0.3, 0.4) is 0 Å². The second-order valence-electron chi connectivity index (χ2n) is 5.96. The molecular weight excluding hydrogens is 248 g/mol. The van der Waals surface area contributed by atoms with E-state index in [1.54, 1.807) is 0 Å². The molecule has 1 saturated carbocycles. The van der Waals surface area contributed by atoms with Crippen LogP contribution in [0, 0.1) is 20.8 Å². The number of aliphatic hydroxyl groups excluding tert-OH is 1. The van der Waals surface area contributed by atoms with Crippen molar-refractivity contribution in [2.24, 2.45) is 0 Å². The third-order valence-electron chi connectivity index (χ3n) is 4.29. The van der Waals surface area contributed by atoms with E-state index in [9.17, 15) is 5.11 Å². The summed E-state index contributed by atoms with van der Waals surface area (Å²) in [6.07, 6.45) is 1.97. The van der Waals surface area contributed by atoms with Crippen LogP contribution in [0.2, 0.25) is 0 Å². The molecule has 104 valence electrons. The van der Waals surface area contributed by atoms with Crippen LogP contribution in [0.1, 0.15) is 35.5 Å². The van der Waals surface area contributed by atoms with Crippen molar-refractivity contribution >= 4 is 0 Å². The van der Waals surface area contributed by atoms with E-state index in [4.69, 9.17) is 4.98 Å². The van der Waals surface area contributed by atoms with Gasteiger partial charge >= 0.3 is 0 Å². The number of aryl methyl sites for hydroxylation is 3. The van der Waals surface area contributed by atoms with Crippen LogP contribution < -0.4 is 0 Å². The van der Waals surface area contributed by atoms with E-state index in [1.807, 2.05) is 13.0 Å². The van der Waals surface area contributed by atoms with Crippen molar-refractivity contribution in [3.05, 3.63) is 46.9 Å². The largest absolute Gasteiger partial charge is 0.395 e. The Morgan fingerprint density at radius 1 is 1.05 bits per heavy atom. The molecule has 0 bridgehead atoms. The molecule has 2 aromatic rings. The first kappa shape index (κ1) is 13.3. The maximum absolute atomic E-state index is 9.56. The van der Waals surface area contributed by atoms with E-state index in [0.717, 1.165) is 35.6 Å². The molecule has 0 aliphatic heterocycles. The summed E-state index contributed by atoms with van der Waals surface area (Å²) in [5.41, 5.74) is 5.41. The minimum absolute atomic E-state index is 0.142. The Bertz CT molecular complexity index is 660. The Labute approximate surface area is 119 Å². The van der Waals surface area contributed by atoms with Crippen molar-refractivity contribution in [3.8, 4) is 11.3 Å². The number of aromatic nitrogens is 2. The summed E-state index contributed by atoms with van der Waals surface area (Å²) < 4.78 is 0. The molecule has 3 rings (SSSR count). The summed E-state index contributed by atoms with van der Waals surface area (Å²) in [6, 6.07) is 8.41. The molecule has 0 radical (unpaired) electrons. The topological polar surface area (TPSA) is 46.0 Å². The molecule has 0 saturated heterocycles. The molecule has 1 N–H and O–H groups in total. The second-order valence-corrected chi connectivity index (χ2v) is 5.96. The highest BCUT2D eigenvalue weighted by molar-refractivity contribution is 5.61. The zero-order chi connectivity index (χ0) is 14.3. The number of hydrogen-bond donors (Lipinski definition) is 1. The van der Waals surface area contributed by atoms with Gasteiger partial charge in [-0.1, -0.05) is 12.1 Å². The highest BCUT2D eigenvalue weighted by Gasteiger charge is 2.46. The molecule has 0 unspecified atom stereocenters. The fraction of sp³-hybridized carbons (Fsp3) is 0.412. The Morgan fingerprint density at radius 3 is 2.40 bits per heavy atom. The SMILES string of the molecule is Cc1cc(-c2ccc(C)c(C)c2)nc(C2(CO)CC2)n1. The molecule has 3 nitrogen and oxygen atoms in total. The van der Waals surface area contributed by atoms with Crippen LogP contribution in [-0.2, 0) is 5.41 Å². The molecule has 0 amide bonds. The molecule has 1 fully saturated rings. The zero-order valence-electron chi connectivity index (χ0n) is 12.3. The standard InChI is InChI=1S/C17H20N2O/c1-11-4-5-14(8-12(11)2)15-9-13(3)18-16(19-15)17(10-20)6-7-17/h4-5,8-9,20H,6-7,10H2,1-3H3. The van der Waals surface area contributed by atoms with E-state index in [1.165, 1.54) is 11.1 Å². The van der Waals surface area contributed by atoms with Crippen molar-refractivity contribution < 1.29 is 5.11 Å². The van der Waals surface area contributed by atoms with Crippen LogP contribution in [0.25, 0.3) is 11.3 Å². The van der Waals surface area contributed by atoms with Gasteiger partial charge in [0.2, 0.25) is 0 Å². The molecule has 3 heteroatoms. The molecule has 0 atom stereocenters. The van der Waals surface area contributed by atoms with Crippen LogP contribution >= 0.6 is 0 Å². The average molecular weight is 268 g/mol. The third-order valence-corrected chi connectivity index (χ3v) is 4.29. The number of nitrogens with zero attached hydrogens (tertiary/aromatic N) is 2. The lowest BCUT2D eigenvalue weighted by Crippen LogP contribution is -2.17. The molecule has 1 aromatic heterocycles. The van der Waals surface area contributed by atoms with E-state index >= 15 is 0 Å². The van der Waals surface area contributed by atoms with Gasteiger partial charge < -0.3 is 5.11 Å². The lowest BCUT2D eigenvalue weighted by atomic mass is 10.0. The maximum Gasteiger partial charge on any atom is 0.137 e. The fourth-order valence-corrected chi connectivity index (χ4v) is 2.46. The molecular formula is C17H20N2O. The van der Waals surface area contributed by atoms with Crippen molar-refractivity contribution in [2.45, 2.75) is 39.0 Å². The Balaban J connectivity index is 2.07. The Hall–Kier alpha value is -1.74. The summed E-state index contributed by atoms with van der Waals surface area (Å²) >= 11 is 0. The third kappa shape index (κ3) is 2.22. The van der Waals surface area contributed by atoms with Crippen molar-refractivity contribution in [1.29, 1.82) is 0 Å². The predicted molar refractivity (Wildman–Crippen MR) is 79.7 cm³/mol. The molecule has 1 aliphatic rings. The van der Waals surface area contributed by atoms with Gasteiger partial charge in [0.25, 0.3) is 0 Å². The van der Waals surface area contributed by atoms with Crippen LogP contribution in [0.15, 0.2) is 24.3 Å². The van der Waals surface area contributed by atoms with Gasteiger partial charge in [0.05, 0.1) is 17.7 Å². The summed E-state index contributed by atoms with van der Waals surface area (Å²) in [5.74, 6) is 0.799. The first-order valence-corrected chi connectivity index (χ1v) is 7.09. The smallest absolute Gasteiger partial charge is 0.137 e. The number of benzene rings is 1. The number of rotatable bonds is 3. The second kappa shape index (κ2) is 4.67.